The summed E-state index contributed by atoms with van der Waals surface area (Å²) < 4.78 is 0. The molecule has 0 fully saturated rings. The van der Waals surface area contributed by atoms with Crippen LogP contribution in [0.5, 0.6) is 5.75 Å². The van der Waals surface area contributed by atoms with Crippen LogP contribution in [-0.2, 0) is 0 Å². The molecular weight excluding hydrogens is 166 g/mol. The molecule has 0 aliphatic carbocycles. The van der Waals surface area contributed by atoms with E-state index in [1.165, 1.54) is 0 Å². The van der Waals surface area contributed by atoms with Crippen molar-refractivity contribution in [3.63, 3.8) is 0 Å². The normalized spacial score (nSPS) is 11.8. The van der Waals surface area contributed by atoms with Crippen molar-refractivity contribution < 1.29 is 10.3 Å². The summed E-state index contributed by atoms with van der Waals surface area (Å²) in [6, 6.07) is 3.58. The molecule has 0 amide bonds. The summed E-state index contributed by atoms with van der Waals surface area (Å²) in [4.78, 5) is 0. The van der Waals surface area contributed by atoms with Gasteiger partial charge in [-0.25, -0.2) is 0 Å². The summed E-state index contributed by atoms with van der Waals surface area (Å²) in [7, 11) is 0. The van der Waals surface area contributed by atoms with Crippen LogP contribution in [0.25, 0.3) is 0 Å². The first-order valence-electron chi connectivity index (χ1n) is 4.05. The molecule has 13 heavy (non-hydrogen) atoms. The highest BCUT2D eigenvalue weighted by atomic mass is 16.4. The molecule has 0 unspecified atom stereocenters. The summed E-state index contributed by atoms with van der Waals surface area (Å²) in [5.41, 5.74) is 2.96. The Morgan fingerprint density at radius 3 is 2.08 bits per heavy atom. The van der Waals surface area contributed by atoms with Crippen LogP contribution < -0.4 is 0 Å². The maximum absolute atomic E-state index is 9.48. The minimum atomic E-state index is 0.300. The predicted molar refractivity (Wildman–Crippen MR) is 51.6 cm³/mol. The Morgan fingerprint density at radius 1 is 1.23 bits per heavy atom. The summed E-state index contributed by atoms with van der Waals surface area (Å²) in [6.45, 7) is 5.35. The van der Waals surface area contributed by atoms with Gasteiger partial charge in [0, 0.05) is 0 Å². The lowest BCUT2D eigenvalue weighted by Gasteiger charge is -2.06. The van der Waals surface area contributed by atoms with Crippen molar-refractivity contribution >= 4 is 5.71 Å². The minimum Gasteiger partial charge on any atom is -0.507 e. The van der Waals surface area contributed by atoms with Crippen molar-refractivity contribution in [2.45, 2.75) is 20.8 Å². The highest BCUT2D eigenvalue weighted by molar-refractivity contribution is 5.98. The monoisotopic (exact) mass is 179 g/mol. The third-order valence-corrected chi connectivity index (χ3v) is 2.06. The van der Waals surface area contributed by atoms with Gasteiger partial charge in [-0.1, -0.05) is 5.16 Å². The van der Waals surface area contributed by atoms with Crippen LogP contribution in [0.3, 0.4) is 0 Å². The minimum absolute atomic E-state index is 0.300. The zero-order valence-corrected chi connectivity index (χ0v) is 8.00. The molecule has 1 aromatic carbocycles. The number of hydrogen-bond acceptors (Lipinski definition) is 3. The number of benzene rings is 1. The van der Waals surface area contributed by atoms with Gasteiger partial charge in [0.05, 0.1) is 5.71 Å². The van der Waals surface area contributed by atoms with E-state index in [2.05, 4.69) is 5.16 Å². The summed E-state index contributed by atoms with van der Waals surface area (Å²) in [6.07, 6.45) is 0. The van der Waals surface area contributed by atoms with E-state index in [9.17, 15) is 5.11 Å². The Balaban J connectivity index is 3.29. The lowest BCUT2D eigenvalue weighted by molar-refractivity contribution is 0.319. The van der Waals surface area contributed by atoms with Gasteiger partial charge in [-0.05, 0) is 49.6 Å². The molecule has 0 saturated carbocycles. The Labute approximate surface area is 77.3 Å². The van der Waals surface area contributed by atoms with Crippen molar-refractivity contribution in [3.05, 3.63) is 28.8 Å². The van der Waals surface area contributed by atoms with E-state index in [0.717, 1.165) is 16.7 Å². The molecule has 0 bridgehead atoms. The van der Waals surface area contributed by atoms with Gasteiger partial charge in [0.25, 0.3) is 0 Å². The highest BCUT2D eigenvalue weighted by Crippen LogP contribution is 2.23. The molecule has 0 aliphatic heterocycles. The number of phenols is 1. The van der Waals surface area contributed by atoms with Gasteiger partial charge in [0.1, 0.15) is 5.75 Å². The third kappa shape index (κ3) is 1.80. The zero-order valence-electron chi connectivity index (χ0n) is 8.00. The maximum atomic E-state index is 9.48. The van der Waals surface area contributed by atoms with Crippen molar-refractivity contribution in [3.8, 4) is 5.75 Å². The molecule has 1 aromatic rings. The predicted octanol–water partition coefficient (Wildman–Crippen LogP) is 2.21. The first-order chi connectivity index (χ1) is 6.06. The van der Waals surface area contributed by atoms with Gasteiger partial charge in [-0.2, -0.15) is 0 Å². The van der Waals surface area contributed by atoms with Crippen molar-refractivity contribution in [2.24, 2.45) is 5.16 Å². The SMILES string of the molecule is C/C(=N/O)c1cc(C)c(O)c(C)c1. The topological polar surface area (TPSA) is 52.8 Å². The van der Waals surface area contributed by atoms with E-state index < -0.39 is 0 Å². The van der Waals surface area contributed by atoms with E-state index >= 15 is 0 Å². The molecule has 0 radical (unpaired) electrons. The molecule has 0 aromatic heterocycles. The fraction of sp³-hybridized carbons (Fsp3) is 0.300. The number of nitrogens with zero attached hydrogens (tertiary/aromatic N) is 1. The smallest absolute Gasteiger partial charge is 0.121 e. The van der Waals surface area contributed by atoms with Crippen LogP contribution in [0.1, 0.15) is 23.6 Å². The summed E-state index contributed by atoms with van der Waals surface area (Å²) in [5.74, 6) is 0.300. The number of phenolic OH excluding ortho intramolecular Hbond substituents is 1. The average molecular weight is 179 g/mol. The molecule has 3 nitrogen and oxygen atoms in total. The quantitative estimate of drug-likeness (QED) is 0.394. The second-order valence-electron chi connectivity index (χ2n) is 3.14. The van der Waals surface area contributed by atoms with Gasteiger partial charge >= 0.3 is 0 Å². The molecule has 70 valence electrons. The second-order valence-corrected chi connectivity index (χ2v) is 3.14. The van der Waals surface area contributed by atoms with E-state index in [1.54, 1.807) is 19.1 Å². The fourth-order valence-corrected chi connectivity index (χ4v) is 1.22. The van der Waals surface area contributed by atoms with E-state index in [0.29, 0.717) is 11.5 Å². The van der Waals surface area contributed by atoms with Gasteiger partial charge in [0.15, 0.2) is 0 Å². The Morgan fingerprint density at radius 2 is 1.69 bits per heavy atom. The van der Waals surface area contributed by atoms with Gasteiger partial charge in [0.2, 0.25) is 0 Å². The first kappa shape index (κ1) is 9.58. The van der Waals surface area contributed by atoms with Crippen LogP contribution in [0.15, 0.2) is 17.3 Å². The van der Waals surface area contributed by atoms with Gasteiger partial charge < -0.3 is 10.3 Å². The lowest BCUT2D eigenvalue weighted by Crippen LogP contribution is -1.96. The Bertz CT molecular complexity index is 333. The number of aromatic hydroxyl groups is 1. The number of rotatable bonds is 1. The van der Waals surface area contributed by atoms with E-state index in [-0.39, 0.29) is 0 Å². The van der Waals surface area contributed by atoms with Crippen LogP contribution in [0, 0.1) is 13.8 Å². The molecule has 0 aliphatic rings. The van der Waals surface area contributed by atoms with Crippen LogP contribution in [0.2, 0.25) is 0 Å². The zero-order chi connectivity index (χ0) is 10.0. The van der Waals surface area contributed by atoms with Crippen LogP contribution >= 0.6 is 0 Å². The average Bonchev–Trinajstić information content (AvgIpc) is 2.12. The van der Waals surface area contributed by atoms with Gasteiger partial charge in [-0.3, -0.25) is 0 Å². The Hall–Kier alpha value is -1.51. The second kappa shape index (κ2) is 3.47. The van der Waals surface area contributed by atoms with Crippen LogP contribution in [0.4, 0.5) is 0 Å². The van der Waals surface area contributed by atoms with Crippen LogP contribution in [-0.4, -0.2) is 16.0 Å². The first-order valence-corrected chi connectivity index (χ1v) is 4.05. The maximum Gasteiger partial charge on any atom is 0.121 e. The summed E-state index contributed by atoms with van der Waals surface area (Å²) >= 11 is 0. The molecule has 0 spiro atoms. The molecule has 0 saturated heterocycles. The molecule has 1 rings (SSSR count). The lowest BCUT2D eigenvalue weighted by atomic mass is 10.0. The molecule has 3 heteroatoms. The summed E-state index contributed by atoms with van der Waals surface area (Å²) in [5, 5.41) is 21.2. The number of hydrogen-bond donors (Lipinski definition) is 2. The fourth-order valence-electron chi connectivity index (χ4n) is 1.22. The molecule has 0 heterocycles. The highest BCUT2D eigenvalue weighted by Gasteiger charge is 2.05. The standard InChI is InChI=1S/C10H13NO2/c1-6-4-9(8(3)11-13)5-7(2)10(6)12/h4-5,12-13H,1-3H3/b11-8-. The van der Waals surface area contributed by atoms with Crippen molar-refractivity contribution in [1.29, 1.82) is 0 Å². The van der Waals surface area contributed by atoms with Gasteiger partial charge in [-0.15, -0.1) is 0 Å². The molecule has 0 atom stereocenters. The van der Waals surface area contributed by atoms with E-state index in [1.807, 2.05) is 13.8 Å². The van der Waals surface area contributed by atoms with Crippen molar-refractivity contribution in [2.75, 3.05) is 0 Å². The number of aryl methyl sites for hydroxylation is 2. The molecule has 2 N–H and O–H groups in total. The third-order valence-electron chi connectivity index (χ3n) is 2.06. The largest absolute Gasteiger partial charge is 0.507 e. The molecular formula is C10H13NO2. The van der Waals surface area contributed by atoms with E-state index in [4.69, 9.17) is 5.21 Å². The Kier molecular flexibility index (Phi) is 2.56. The van der Waals surface area contributed by atoms with Crippen molar-refractivity contribution in [1.82, 2.24) is 0 Å². The number of oxime groups is 1.